The van der Waals surface area contributed by atoms with Crippen LogP contribution in [0.1, 0.15) is 23.1 Å². The standard InChI is InChI=1S/C30H28N3O5PS/c31-29(32)23-18-20-24(21-19-23)30(33-40(35,36)28-17-9-11-22-10-7-8-16-27(22)28)39(34,37-25-12-3-1-4-13-25)38-26-14-5-2-6-15-26/h1-21,29-30,33H,31-32H2/p+1. The SMILES string of the molecule is NC([NH3+])c1ccc(C(NS(=O)(=O)c2cccc3ccccc23)P(=O)(Oc2ccccc2)Oc2ccccc2)cc1. The van der Waals surface area contributed by atoms with Gasteiger partial charge in [-0.1, -0.05) is 97.1 Å². The predicted molar refractivity (Wildman–Crippen MR) is 155 cm³/mol. The smallest absolute Gasteiger partial charge is 0.415 e. The molecule has 5 rings (SSSR count). The molecule has 0 spiro atoms. The second kappa shape index (κ2) is 11.6. The molecule has 2 atom stereocenters. The first-order valence-electron chi connectivity index (χ1n) is 12.5. The van der Waals surface area contributed by atoms with Crippen molar-refractivity contribution in [2.24, 2.45) is 5.73 Å². The normalized spacial score (nSPS) is 13.4. The Bertz CT molecular complexity index is 1700. The van der Waals surface area contributed by atoms with Gasteiger partial charge in [-0.15, -0.1) is 0 Å². The molecule has 0 saturated carbocycles. The number of quaternary nitrogens is 1. The fourth-order valence-corrected chi connectivity index (χ4v) is 8.10. The van der Waals surface area contributed by atoms with E-state index in [2.05, 4.69) is 10.5 Å². The van der Waals surface area contributed by atoms with Crippen molar-refractivity contribution in [1.29, 1.82) is 0 Å². The summed E-state index contributed by atoms with van der Waals surface area (Å²) in [5.41, 5.74) is 10.9. The number of hydrogen-bond acceptors (Lipinski definition) is 6. The van der Waals surface area contributed by atoms with E-state index in [1.54, 1.807) is 103 Å². The lowest BCUT2D eigenvalue weighted by Crippen LogP contribution is -2.58. The molecule has 0 heterocycles. The van der Waals surface area contributed by atoms with Crippen molar-refractivity contribution in [3.8, 4) is 11.5 Å². The van der Waals surface area contributed by atoms with Gasteiger partial charge in [-0.25, -0.2) is 13.0 Å². The van der Waals surface area contributed by atoms with Crippen LogP contribution in [0.3, 0.4) is 0 Å². The predicted octanol–water partition coefficient (Wildman–Crippen LogP) is 5.37. The second-order valence-corrected chi connectivity index (χ2v) is 12.8. The lowest BCUT2D eigenvalue weighted by Gasteiger charge is -2.28. The van der Waals surface area contributed by atoms with Gasteiger partial charge in [0.1, 0.15) is 11.5 Å². The van der Waals surface area contributed by atoms with Crippen LogP contribution in [0, 0.1) is 0 Å². The average molecular weight is 575 g/mol. The zero-order chi connectivity index (χ0) is 28.2. The highest BCUT2D eigenvalue weighted by molar-refractivity contribution is 7.90. The first-order valence-corrected chi connectivity index (χ1v) is 15.6. The van der Waals surface area contributed by atoms with Crippen molar-refractivity contribution in [1.82, 2.24) is 4.72 Å². The summed E-state index contributed by atoms with van der Waals surface area (Å²) < 4.78 is 57.5. The van der Waals surface area contributed by atoms with Crippen molar-refractivity contribution in [2.45, 2.75) is 16.8 Å². The lowest BCUT2D eigenvalue weighted by molar-refractivity contribution is -0.424. The van der Waals surface area contributed by atoms with Gasteiger partial charge in [-0.2, -0.15) is 4.72 Å². The second-order valence-electron chi connectivity index (χ2n) is 9.12. The Morgan fingerprint density at radius 3 is 1.75 bits per heavy atom. The zero-order valence-corrected chi connectivity index (χ0v) is 23.2. The third-order valence-electron chi connectivity index (χ3n) is 6.25. The van der Waals surface area contributed by atoms with Crippen LogP contribution >= 0.6 is 7.60 Å². The van der Waals surface area contributed by atoms with Gasteiger partial charge in [-0.3, -0.25) is 5.73 Å². The van der Waals surface area contributed by atoms with Gasteiger partial charge in [0, 0.05) is 10.9 Å². The zero-order valence-electron chi connectivity index (χ0n) is 21.5. The summed E-state index contributed by atoms with van der Waals surface area (Å²) in [6.07, 6.45) is -0.493. The maximum Gasteiger partial charge on any atom is 0.453 e. The third kappa shape index (κ3) is 6.09. The van der Waals surface area contributed by atoms with Gasteiger partial charge in [0.15, 0.2) is 11.9 Å². The summed E-state index contributed by atoms with van der Waals surface area (Å²) in [7, 11) is -8.60. The average Bonchev–Trinajstić information content (AvgIpc) is 2.96. The monoisotopic (exact) mass is 574 g/mol. The molecule has 10 heteroatoms. The molecule has 5 aromatic carbocycles. The highest BCUT2D eigenvalue weighted by Crippen LogP contribution is 2.59. The van der Waals surface area contributed by atoms with Gasteiger partial charge in [0.25, 0.3) is 0 Å². The first-order chi connectivity index (χ1) is 19.2. The van der Waals surface area contributed by atoms with Crippen LogP contribution in [0.2, 0.25) is 0 Å². The number of sulfonamides is 1. The fraction of sp³-hybridized carbons (Fsp3) is 0.0667. The van der Waals surface area contributed by atoms with Gasteiger partial charge in [0.2, 0.25) is 10.0 Å². The molecule has 0 bridgehead atoms. The minimum absolute atomic E-state index is 0.0398. The number of fused-ring (bicyclic) bond motifs is 1. The van der Waals surface area contributed by atoms with Crippen LogP contribution in [0.4, 0.5) is 0 Å². The van der Waals surface area contributed by atoms with E-state index >= 15 is 0 Å². The molecule has 5 aromatic rings. The summed E-state index contributed by atoms with van der Waals surface area (Å²) >= 11 is 0. The van der Waals surface area contributed by atoms with Crippen molar-refractivity contribution >= 4 is 28.4 Å². The van der Waals surface area contributed by atoms with Gasteiger partial charge in [0.05, 0.1) is 4.90 Å². The molecular formula is C30H29N3O5PS+. The van der Waals surface area contributed by atoms with Crippen molar-refractivity contribution in [3.05, 3.63) is 139 Å². The molecule has 0 aliphatic heterocycles. The molecule has 0 aliphatic rings. The van der Waals surface area contributed by atoms with Crippen LogP contribution < -0.4 is 25.2 Å². The lowest BCUT2D eigenvalue weighted by atomic mass is 10.1. The third-order valence-corrected chi connectivity index (χ3v) is 9.90. The topological polar surface area (TPSA) is 135 Å². The van der Waals surface area contributed by atoms with Crippen LogP contribution in [0.5, 0.6) is 11.5 Å². The molecular weight excluding hydrogens is 545 g/mol. The molecule has 0 radical (unpaired) electrons. The molecule has 0 saturated heterocycles. The minimum Gasteiger partial charge on any atom is -0.415 e. The highest BCUT2D eigenvalue weighted by Gasteiger charge is 2.44. The summed E-state index contributed by atoms with van der Waals surface area (Å²) in [6, 6.07) is 35.8. The number of para-hydroxylation sites is 2. The molecule has 6 N–H and O–H groups in total. The number of hydrogen-bond donors (Lipinski definition) is 3. The van der Waals surface area contributed by atoms with E-state index in [-0.39, 0.29) is 16.4 Å². The van der Waals surface area contributed by atoms with E-state index in [1.165, 1.54) is 6.07 Å². The quantitative estimate of drug-likeness (QED) is 0.152. The summed E-state index contributed by atoms with van der Waals surface area (Å²) in [6.45, 7) is 0. The summed E-state index contributed by atoms with van der Waals surface area (Å²) in [5.74, 6) is -0.910. The Hall–Kier alpha value is -3.98. The highest BCUT2D eigenvalue weighted by atomic mass is 32.2. The van der Waals surface area contributed by atoms with Crippen molar-refractivity contribution in [3.63, 3.8) is 0 Å². The number of nitrogens with one attached hydrogen (secondary N) is 1. The molecule has 2 unspecified atom stereocenters. The summed E-state index contributed by atoms with van der Waals surface area (Å²) in [5, 5.41) is 1.28. The van der Waals surface area contributed by atoms with Crippen molar-refractivity contribution in [2.75, 3.05) is 0 Å². The summed E-state index contributed by atoms with van der Waals surface area (Å²) in [4.78, 5) is 0.0398. The van der Waals surface area contributed by atoms with Crippen LogP contribution in [-0.2, 0) is 14.6 Å². The molecule has 0 aromatic heterocycles. The first kappa shape index (κ1) is 27.6. The Balaban J connectivity index is 1.65. The molecule has 0 aliphatic carbocycles. The van der Waals surface area contributed by atoms with Gasteiger partial charge < -0.3 is 14.8 Å². The van der Waals surface area contributed by atoms with E-state index in [1.807, 2.05) is 18.2 Å². The van der Waals surface area contributed by atoms with E-state index < -0.39 is 29.6 Å². The number of rotatable bonds is 10. The van der Waals surface area contributed by atoms with E-state index in [0.717, 1.165) is 10.9 Å². The van der Waals surface area contributed by atoms with Gasteiger partial charge in [-0.05, 0) is 41.3 Å². The molecule has 0 amide bonds. The van der Waals surface area contributed by atoms with E-state index in [9.17, 15) is 13.0 Å². The van der Waals surface area contributed by atoms with Gasteiger partial charge >= 0.3 is 7.60 Å². The molecule has 40 heavy (non-hydrogen) atoms. The molecule has 8 nitrogen and oxygen atoms in total. The Morgan fingerprint density at radius 1 is 0.675 bits per heavy atom. The fourth-order valence-electron chi connectivity index (χ4n) is 4.26. The van der Waals surface area contributed by atoms with Crippen LogP contribution in [0.15, 0.2) is 132 Å². The largest absolute Gasteiger partial charge is 0.453 e. The van der Waals surface area contributed by atoms with Crippen LogP contribution in [-0.4, -0.2) is 8.42 Å². The Labute approximate surface area is 233 Å². The number of benzene rings is 5. The van der Waals surface area contributed by atoms with E-state index in [0.29, 0.717) is 10.9 Å². The maximum absolute atomic E-state index is 14.8. The molecule has 0 fully saturated rings. The molecule has 204 valence electrons. The van der Waals surface area contributed by atoms with Crippen molar-refractivity contribution < 1.29 is 27.8 Å². The Morgan fingerprint density at radius 2 is 1.18 bits per heavy atom. The van der Waals surface area contributed by atoms with E-state index in [4.69, 9.17) is 14.8 Å². The Kier molecular flexibility index (Phi) is 8.02. The minimum atomic E-state index is -4.35. The maximum atomic E-state index is 14.8. The van der Waals surface area contributed by atoms with Crippen LogP contribution in [0.25, 0.3) is 10.8 Å². The number of nitrogens with two attached hydrogens (primary N) is 1.